The van der Waals surface area contributed by atoms with E-state index in [4.69, 9.17) is 0 Å². The van der Waals surface area contributed by atoms with Gasteiger partial charge in [-0.3, -0.25) is 14.3 Å². The fraction of sp³-hybridized carbons (Fsp3) is 0.176. The summed E-state index contributed by atoms with van der Waals surface area (Å²) < 4.78 is 1.23. The van der Waals surface area contributed by atoms with Gasteiger partial charge < -0.3 is 0 Å². The minimum Gasteiger partial charge on any atom is -0.298 e. The molecule has 0 aliphatic heterocycles. The zero-order chi connectivity index (χ0) is 15.7. The molecule has 0 unspecified atom stereocenters. The Morgan fingerprint density at radius 1 is 1.18 bits per heavy atom. The summed E-state index contributed by atoms with van der Waals surface area (Å²) in [6, 6.07) is 9.97. The fourth-order valence-corrected chi connectivity index (χ4v) is 3.54. The molecule has 0 atom stereocenters. The van der Waals surface area contributed by atoms with E-state index in [0.717, 1.165) is 16.0 Å². The largest absolute Gasteiger partial charge is 0.329 e. The molecule has 5 heteroatoms. The number of aryl methyl sites for hydroxylation is 1. The molecule has 1 aromatic carbocycles. The normalized spacial score (nSPS) is 11.5. The van der Waals surface area contributed by atoms with Crippen LogP contribution in [0.25, 0.3) is 22.4 Å². The number of rotatable bonds is 3. The summed E-state index contributed by atoms with van der Waals surface area (Å²) in [5, 5.41) is 0.610. The molecule has 0 fully saturated rings. The van der Waals surface area contributed by atoms with E-state index >= 15 is 0 Å². The molecule has 0 amide bonds. The van der Waals surface area contributed by atoms with Crippen molar-refractivity contribution in [3.63, 3.8) is 0 Å². The first-order valence-corrected chi connectivity index (χ1v) is 7.92. The summed E-state index contributed by atoms with van der Waals surface area (Å²) in [5.41, 5.74) is 1.45. The molecule has 2 heterocycles. The van der Waals surface area contributed by atoms with Crippen LogP contribution in [0.15, 0.2) is 39.9 Å². The molecule has 0 bridgehead atoms. The van der Waals surface area contributed by atoms with E-state index in [0.29, 0.717) is 16.8 Å². The third kappa shape index (κ3) is 2.44. The van der Waals surface area contributed by atoms with Crippen LogP contribution in [0.5, 0.6) is 0 Å². The molecule has 4 nitrogen and oxygen atoms in total. The summed E-state index contributed by atoms with van der Waals surface area (Å²) in [6.45, 7) is 4.08. The van der Waals surface area contributed by atoms with E-state index in [2.05, 4.69) is 4.98 Å². The summed E-state index contributed by atoms with van der Waals surface area (Å²) in [6.07, 6.45) is 4.00. The van der Waals surface area contributed by atoms with Crippen molar-refractivity contribution in [1.82, 2.24) is 9.55 Å². The number of H-pyrrole nitrogens is 1. The van der Waals surface area contributed by atoms with Crippen LogP contribution in [-0.4, -0.2) is 9.55 Å². The minimum absolute atomic E-state index is 0.214. The molecule has 0 saturated carbocycles. The van der Waals surface area contributed by atoms with Crippen molar-refractivity contribution in [1.29, 1.82) is 0 Å². The van der Waals surface area contributed by atoms with Crippen LogP contribution < -0.4 is 11.2 Å². The molecule has 3 rings (SSSR count). The predicted octanol–water partition coefficient (Wildman–Crippen LogP) is 3.25. The number of thiophene rings is 1. The molecule has 0 saturated heterocycles. The van der Waals surface area contributed by atoms with E-state index in [9.17, 15) is 9.59 Å². The van der Waals surface area contributed by atoms with E-state index in [1.807, 2.05) is 49.4 Å². The van der Waals surface area contributed by atoms with Crippen molar-refractivity contribution >= 4 is 33.7 Å². The first kappa shape index (κ1) is 14.5. The number of nitrogens with one attached hydrogen (secondary N) is 1. The molecule has 0 spiro atoms. The average molecular weight is 312 g/mol. The molecule has 22 heavy (non-hydrogen) atoms. The topological polar surface area (TPSA) is 54.9 Å². The lowest BCUT2D eigenvalue weighted by Crippen LogP contribution is -2.34. The van der Waals surface area contributed by atoms with Crippen LogP contribution in [0.4, 0.5) is 0 Å². The Bertz CT molecular complexity index is 962. The van der Waals surface area contributed by atoms with Gasteiger partial charge >= 0.3 is 5.69 Å². The molecule has 0 radical (unpaired) electrons. The van der Waals surface area contributed by atoms with Crippen molar-refractivity contribution < 1.29 is 0 Å². The van der Waals surface area contributed by atoms with E-state index < -0.39 is 0 Å². The van der Waals surface area contributed by atoms with Crippen molar-refractivity contribution in [2.75, 3.05) is 0 Å². The van der Waals surface area contributed by atoms with Gasteiger partial charge in [0.2, 0.25) is 0 Å². The Hall–Kier alpha value is -2.40. The van der Waals surface area contributed by atoms with Crippen LogP contribution in [0, 0.1) is 6.92 Å². The van der Waals surface area contributed by atoms with Crippen LogP contribution >= 0.6 is 11.3 Å². The fourth-order valence-electron chi connectivity index (χ4n) is 2.45. The lowest BCUT2D eigenvalue weighted by molar-refractivity contribution is 0.685. The Balaban J connectivity index is 2.15. The third-order valence-electron chi connectivity index (χ3n) is 3.65. The third-order valence-corrected chi connectivity index (χ3v) is 4.82. The van der Waals surface area contributed by atoms with Crippen LogP contribution in [0.2, 0.25) is 0 Å². The van der Waals surface area contributed by atoms with Crippen LogP contribution in [-0.2, 0) is 6.54 Å². The van der Waals surface area contributed by atoms with Crippen LogP contribution in [0.1, 0.15) is 22.9 Å². The molecule has 3 aromatic rings. The number of hydrogen-bond donors (Lipinski definition) is 1. The summed E-state index contributed by atoms with van der Waals surface area (Å²) in [5.74, 6) is 0. The highest BCUT2D eigenvalue weighted by Gasteiger charge is 2.13. The Morgan fingerprint density at radius 2 is 1.91 bits per heavy atom. The van der Waals surface area contributed by atoms with Gasteiger partial charge in [0.05, 0.1) is 5.39 Å². The first-order valence-electron chi connectivity index (χ1n) is 7.11. The van der Waals surface area contributed by atoms with E-state index in [1.165, 1.54) is 15.9 Å². The number of hydrogen-bond acceptors (Lipinski definition) is 3. The van der Waals surface area contributed by atoms with Crippen molar-refractivity contribution in [3.8, 4) is 0 Å². The molecule has 2 aromatic heterocycles. The number of aromatic amines is 1. The zero-order valence-electron chi connectivity index (χ0n) is 12.4. The first-order chi connectivity index (χ1) is 10.6. The Labute approximate surface area is 131 Å². The van der Waals surface area contributed by atoms with Gasteiger partial charge in [-0.15, -0.1) is 11.3 Å². The highest BCUT2D eigenvalue weighted by atomic mass is 32.1. The predicted molar refractivity (Wildman–Crippen MR) is 92.5 cm³/mol. The maximum atomic E-state index is 12.4. The van der Waals surface area contributed by atoms with Gasteiger partial charge in [0, 0.05) is 11.4 Å². The second-order valence-corrected chi connectivity index (χ2v) is 6.07. The summed E-state index contributed by atoms with van der Waals surface area (Å²) in [7, 11) is 0. The maximum absolute atomic E-state index is 12.4. The SMILES string of the molecule is CCn1c(=O)[nH]c2sc(C=Cc3ccccc3)c(C)c2c1=O. The maximum Gasteiger partial charge on any atom is 0.329 e. The molecule has 0 aliphatic rings. The second kappa shape index (κ2) is 5.77. The standard InChI is InChI=1S/C17H16N2O2S/c1-3-19-16(20)14-11(2)13(22-15(14)18-17(19)21)10-9-12-7-5-4-6-8-12/h4-10H,3H2,1-2H3,(H,18,21). The van der Waals surface area contributed by atoms with Gasteiger partial charge in [-0.25, -0.2) is 4.79 Å². The highest BCUT2D eigenvalue weighted by Crippen LogP contribution is 2.28. The Morgan fingerprint density at radius 3 is 2.59 bits per heavy atom. The van der Waals surface area contributed by atoms with Gasteiger partial charge in [-0.1, -0.05) is 36.4 Å². The van der Waals surface area contributed by atoms with Crippen molar-refractivity contribution in [2.45, 2.75) is 20.4 Å². The number of nitrogens with zero attached hydrogens (tertiary/aromatic N) is 1. The molecule has 0 aliphatic carbocycles. The zero-order valence-corrected chi connectivity index (χ0v) is 13.2. The van der Waals surface area contributed by atoms with Gasteiger partial charge in [-0.2, -0.15) is 0 Å². The molecule has 1 N–H and O–H groups in total. The second-order valence-electron chi connectivity index (χ2n) is 5.02. The average Bonchev–Trinajstić information content (AvgIpc) is 2.83. The van der Waals surface area contributed by atoms with E-state index in [1.54, 1.807) is 6.92 Å². The van der Waals surface area contributed by atoms with Crippen molar-refractivity contribution in [2.24, 2.45) is 0 Å². The highest BCUT2D eigenvalue weighted by molar-refractivity contribution is 7.19. The van der Waals surface area contributed by atoms with Crippen molar-refractivity contribution in [3.05, 3.63) is 67.2 Å². The summed E-state index contributed by atoms with van der Waals surface area (Å²) in [4.78, 5) is 28.7. The quantitative estimate of drug-likeness (QED) is 0.807. The lowest BCUT2D eigenvalue weighted by Gasteiger charge is -2.00. The monoisotopic (exact) mass is 312 g/mol. The smallest absolute Gasteiger partial charge is 0.298 e. The molecule has 112 valence electrons. The van der Waals surface area contributed by atoms with Gasteiger partial charge in [0.25, 0.3) is 5.56 Å². The number of aromatic nitrogens is 2. The van der Waals surface area contributed by atoms with Gasteiger partial charge in [0.1, 0.15) is 4.83 Å². The number of benzene rings is 1. The minimum atomic E-state index is -0.347. The molecular formula is C17H16N2O2S. The lowest BCUT2D eigenvalue weighted by atomic mass is 10.1. The molecular weight excluding hydrogens is 296 g/mol. The van der Waals surface area contributed by atoms with Crippen LogP contribution in [0.3, 0.4) is 0 Å². The van der Waals surface area contributed by atoms with Gasteiger partial charge in [-0.05, 0) is 31.1 Å². The van der Waals surface area contributed by atoms with Gasteiger partial charge in [0.15, 0.2) is 0 Å². The Kier molecular flexibility index (Phi) is 3.81. The van der Waals surface area contributed by atoms with E-state index in [-0.39, 0.29) is 11.2 Å². The number of fused-ring (bicyclic) bond motifs is 1. The summed E-state index contributed by atoms with van der Waals surface area (Å²) >= 11 is 1.43.